The van der Waals surface area contributed by atoms with Crippen LogP contribution in [0.15, 0.2) is 18.2 Å². The summed E-state index contributed by atoms with van der Waals surface area (Å²) in [6.45, 7) is 6.65. The average molecular weight is 295 g/mol. The van der Waals surface area contributed by atoms with Gasteiger partial charge in [0.1, 0.15) is 11.4 Å². The summed E-state index contributed by atoms with van der Waals surface area (Å²) in [7, 11) is 0. The molecule has 1 saturated heterocycles. The number of halogens is 1. The maximum absolute atomic E-state index is 13.8. The zero-order chi connectivity index (χ0) is 15.6. The third-order valence-electron chi connectivity index (χ3n) is 3.22. The fraction of sp³-hybridized carbons (Fsp3) is 0.533. The number of alkyl carbamates (subject to hydrolysis) is 1. The standard InChI is InChI=1S/C15H22FN3O2/c1-15(2,3)21-14(20)18-11-6-7-19(9-11)13-8-10(17)4-5-12(13)16/h4-5,8,11H,6-7,9,17H2,1-3H3,(H,18,20)/t11-/m0/s1. The minimum absolute atomic E-state index is 0.0549. The van der Waals surface area contributed by atoms with E-state index in [2.05, 4.69) is 5.32 Å². The molecular formula is C15H22FN3O2. The van der Waals surface area contributed by atoms with Gasteiger partial charge in [-0.2, -0.15) is 0 Å². The number of nitrogens with one attached hydrogen (secondary N) is 1. The zero-order valence-electron chi connectivity index (χ0n) is 12.6. The van der Waals surface area contributed by atoms with Gasteiger partial charge >= 0.3 is 6.09 Å². The second-order valence-corrected chi connectivity index (χ2v) is 6.29. The van der Waals surface area contributed by atoms with Gasteiger partial charge in [-0.15, -0.1) is 0 Å². The summed E-state index contributed by atoms with van der Waals surface area (Å²) in [6.07, 6.45) is 0.301. The van der Waals surface area contributed by atoms with Gasteiger partial charge in [-0.25, -0.2) is 9.18 Å². The maximum atomic E-state index is 13.8. The first kappa shape index (κ1) is 15.4. The molecule has 0 radical (unpaired) electrons. The van der Waals surface area contributed by atoms with Gasteiger partial charge in [-0.3, -0.25) is 0 Å². The van der Waals surface area contributed by atoms with Crippen molar-refractivity contribution in [3.05, 3.63) is 24.0 Å². The molecule has 1 aromatic carbocycles. The van der Waals surface area contributed by atoms with Gasteiger partial charge in [0, 0.05) is 18.8 Å². The van der Waals surface area contributed by atoms with Gasteiger partial charge in [-0.05, 0) is 45.4 Å². The predicted octanol–water partition coefficient (Wildman–Crippen LogP) is 2.51. The number of hydrogen-bond donors (Lipinski definition) is 2. The third-order valence-corrected chi connectivity index (χ3v) is 3.22. The number of carbonyl (C=O) groups excluding carboxylic acids is 1. The number of carbonyl (C=O) groups is 1. The Morgan fingerprint density at radius 2 is 2.19 bits per heavy atom. The smallest absolute Gasteiger partial charge is 0.407 e. The Morgan fingerprint density at radius 3 is 2.86 bits per heavy atom. The summed E-state index contributed by atoms with van der Waals surface area (Å²) in [6, 6.07) is 4.45. The Balaban J connectivity index is 1.95. The number of amides is 1. The summed E-state index contributed by atoms with van der Waals surface area (Å²) in [5.74, 6) is -0.304. The lowest BCUT2D eigenvalue weighted by atomic mass is 10.2. The molecule has 1 fully saturated rings. The molecule has 6 heteroatoms. The molecule has 116 valence electrons. The fourth-order valence-corrected chi connectivity index (χ4v) is 2.34. The van der Waals surface area contributed by atoms with Crippen LogP contribution in [0.3, 0.4) is 0 Å². The van der Waals surface area contributed by atoms with Crippen molar-refractivity contribution in [2.45, 2.75) is 38.8 Å². The number of benzene rings is 1. The number of nitrogen functional groups attached to an aromatic ring is 1. The molecule has 2 rings (SSSR count). The van der Waals surface area contributed by atoms with E-state index >= 15 is 0 Å². The molecule has 1 aromatic rings. The molecule has 1 aliphatic rings. The van der Waals surface area contributed by atoms with E-state index in [1.54, 1.807) is 6.07 Å². The Bertz CT molecular complexity index is 528. The second kappa shape index (κ2) is 5.79. The van der Waals surface area contributed by atoms with Crippen LogP contribution in [0.4, 0.5) is 20.6 Å². The highest BCUT2D eigenvalue weighted by Gasteiger charge is 2.27. The summed E-state index contributed by atoms with van der Waals surface area (Å²) in [5, 5.41) is 2.81. The summed E-state index contributed by atoms with van der Waals surface area (Å²) < 4.78 is 19.0. The molecule has 0 aliphatic carbocycles. The first-order valence-electron chi connectivity index (χ1n) is 7.04. The second-order valence-electron chi connectivity index (χ2n) is 6.29. The van der Waals surface area contributed by atoms with Crippen LogP contribution in [-0.2, 0) is 4.74 Å². The van der Waals surface area contributed by atoms with E-state index in [1.165, 1.54) is 12.1 Å². The summed E-state index contributed by atoms with van der Waals surface area (Å²) in [4.78, 5) is 13.6. The molecule has 0 saturated carbocycles. The summed E-state index contributed by atoms with van der Waals surface area (Å²) >= 11 is 0. The monoisotopic (exact) mass is 295 g/mol. The van der Waals surface area contributed by atoms with Crippen LogP contribution in [0.2, 0.25) is 0 Å². The largest absolute Gasteiger partial charge is 0.444 e. The SMILES string of the molecule is CC(C)(C)OC(=O)N[C@H]1CCN(c2cc(N)ccc2F)C1. The fourth-order valence-electron chi connectivity index (χ4n) is 2.34. The molecule has 0 spiro atoms. The number of anilines is 2. The molecule has 1 amide bonds. The molecule has 5 nitrogen and oxygen atoms in total. The van der Waals surface area contributed by atoms with Crippen molar-refractivity contribution >= 4 is 17.5 Å². The first-order valence-corrected chi connectivity index (χ1v) is 7.04. The van der Waals surface area contributed by atoms with Crippen LogP contribution in [0.5, 0.6) is 0 Å². The lowest BCUT2D eigenvalue weighted by Crippen LogP contribution is -2.40. The van der Waals surface area contributed by atoms with Crippen LogP contribution in [0.25, 0.3) is 0 Å². The van der Waals surface area contributed by atoms with Gasteiger partial charge in [0.15, 0.2) is 0 Å². The number of ether oxygens (including phenoxy) is 1. The van der Waals surface area contributed by atoms with Crippen LogP contribution >= 0.6 is 0 Å². The van der Waals surface area contributed by atoms with E-state index in [-0.39, 0.29) is 11.9 Å². The Hall–Kier alpha value is -1.98. The van der Waals surface area contributed by atoms with E-state index in [9.17, 15) is 9.18 Å². The number of rotatable bonds is 2. The van der Waals surface area contributed by atoms with Gasteiger partial charge in [-0.1, -0.05) is 0 Å². The summed E-state index contributed by atoms with van der Waals surface area (Å²) in [5.41, 5.74) is 6.17. The lowest BCUT2D eigenvalue weighted by Gasteiger charge is -2.22. The predicted molar refractivity (Wildman–Crippen MR) is 80.8 cm³/mol. The lowest BCUT2D eigenvalue weighted by molar-refractivity contribution is 0.0509. The van der Waals surface area contributed by atoms with Gasteiger partial charge in [0.25, 0.3) is 0 Å². The molecule has 0 bridgehead atoms. The van der Waals surface area contributed by atoms with Crippen molar-refractivity contribution in [3.63, 3.8) is 0 Å². The van der Waals surface area contributed by atoms with Crippen molar-refractivity contribution in [2.75, 3.05) is 23.7 Å². The number of nitrogens with two attached hydrogens (primary N) is 1. The van der Waals surface area contributed by atoms with E-state index in [0.29, 0.717) is 24.5 Å². The maximum Gasteiger partial charge on any atom is 0.407 e. The number of nitrogens with zero attached hydrogens (tertiary/aromatic N) is 1. The number of hydrogen-bond acceptors (Lipinski definition) is 4. The minimum atomic E-state index is -0.525. The third kappa shape index (κ3) is 4.24. The van der Waals surface area contributed by atoms with Crippen LogP contribution < -0.4 is 16.0 Å². The van der Waals surface area contributed by atoms with Crippen LogP contribution in [-0.4, -0.2) is 30.8 Å². The minimum Gasteiger partial charge on any atom is -0.444 e. The molecular weight excluding hydrogens is 273 g/mol. The van der Waals surface area contributed by atoms with Gasteiger partial charge in [0.2, 0.25) is 0 Å². The quantitative estimate of drug-likeness (QED) is 0.823. The Kier molecular flexibility index (Phi) is 4.25. The molecule has 3 N–H and O–H groups in total. The Labute approximate surface area is 124 Å². The van der Waals surface area contributed by atoms with Crippen molar-refractivity contribution in [1.29, 1.82) is 0 Å². The normalized spacial score (nSPS) is 18.7. The molecule has 21 heavy (non-hydrogen) atoms. The van der Waals surface area contributed by atoms with Gasteiger partial charge < -0.3 is 20.7 Å². The van der Waals surface area contributed by atoms with E-state index in [1.807, 2.05) is 25.7 Å². The van der Waals surface area contributed by atoms with Crippen LogP contribution in [0.1, 0.15) is 27.2 Å². The molecule has 1 heterocycles. The molecule has 1 aliphatic heterocycles. The first-order chi connectivity index (χ1) is 9.74. The molecule has 0 unspecified atom stereocenters. The Morgan fingerprint density at radius 1 is 1.48 bits per heavy atom. The molecule has 0 aromatic heterocycles. The van der Waals surface area contributed by atoms with Crippen molar-refractivity contribution in [3.8, 4) is 0 Å². The van der Waals surface area contributed by atoms with Crippen molar-refractivity contribution in [2.24, 2.45) is 0 Å². The van der Waals surface area contributed by atoms with E-state index < -0.39 is 11.7 Å². The van der Waals surface area contributed by atoms with Gasteiger partial charge in [0.05, 0.1) is 11.7 Å². The van der Waals surface area contributed by atoms with Crippen molar-refractivity contribution < 1.29 is 13.9 Å². The average Bonchev–Trinajstić information content (AvgIpc) is 2.78. The van der Waals surface area contributed by atoms with Crippen molar-refractivity contribution in [1.82, 2.24) is 5.32 Å². The van der Waals surface area contributed by atoms with Crippen LogP contribution in [0, 0.1) is 5.82 Å². The van der Waals surface area contributed by atoms with E-state index in [4.69, 9.17) is 10.5 Å². The zero-order valence-corrected chi connectivity index (χ0v) is 12.6. The highest BCUT2D eigenvalue weighted by atomic mass is 19.1. The highest BCUT2D eigenvalue weighted by Crippen LogP contribution is 2.26. The van der Waals surface area contributed by atoms with E-state index in [0.717, 1.165) is 6.42 Å². The topological polar surface area (TPSA) is 67.6 Å². The highest BCUT2D eigenvalue weighted by molar-refractivity contribution is 5.68. The molecule has 1 atom stereocenters.